The number of nitrogens with zero attached hydrogens (tertiary/aromatic N) is 4. The molecule has 3 aliphatic rings. The number of unbranched alkanes of at least 4 members (excludes halogenated alkanes) is 1. The Morgan fingerprint density at radius 2 is 2.00 bits per heavy atom. The summed E-state index contributed by atoms with van der Waals surface area (Å²) in [6, 6.07) is 5.60. The molecule has 0 bridgehead atoms. The van der Waals surface area contributed by atoms with Gasteiger partial charge in [-0.3, -0.25) is 0 Å². The number of aromatic hydroxyl groups is 1. The molecule has 30 heavy (non-hydrogen) atoms. The van der Waals surface area contributed by atoms with Crippen LogP contribution < -0.4 is 0 Å². The van der Waals surface area contributed by atoms with Crippen LogP contribution in [0.4, 0.5) is 0 Å². The molecular formula is C24H29N5O. The van der Waals surface area contributed by atoms with Gasteiger partial charge in [-0.25, -0.2) is 5.01 Å². The number of hydrogen-bond donors (Lipinski definition) is 2. The summed E-state index contributed by atoms with van der Waals surface area (Å²) in [5.74, 6) is 0.915. The van der Waals surface area contributed by atoms with Gasteiger partial charge in [-0.15, -0.1) is 5.11 Å². The van der Waals surface area contributed by atoms with Gasteiger partial charge in [-0.2, -0.15) is 0 Å². The molecule has 2 N–H and O–H groups in total. The number of allylic oxidation sites excluding steroid dienone is 4. The fourth-order valence-electron chi connectivity index (χ4n) is 4.84. The van der Waals surface area contributed by atoms with Crippen LogP contribution in [0.2, 0.25) is 0 Å². The normalized spacial score (nSPS) is 19.8. The number of aromatic amines is 1. The number of piperidine rings is 1. The summed E-state index contributed by atoms with van der Waals surface area (Å²) in [7, 11) is 0. The van der Waals surface area contributed by atoms with Crippen molar-refractivity contribution in [1.82, 2.24) is 14.9 Å². The van der Waals surface area contributed by atoms with Crippen LogP contribution >= 0.6 is 0 Å². The van der Waals surface area contributed by atoms with Crippen molar-refractivity contribution in [3.63, 3.8) is 0 Å². The van der Waals surface area contributed by atoms with E-state index < -0.39 is 0 Å². The van der Waals surface area contributed by atoms with Crippen LogP contribution in [0.3, 0.4) is 0 Å². The summed E-state index contributed by atoms with van der Waals surface area (Å²) in [6.07, 6.45) is 16.0. The van der Waals surface area contributed by atoms with Crippen molar-refractivity contribution < 1.29 is 5.11 Å². The molecule has 0 saturated carbocycles. The van der Waals surface area contributed by atoms with Gasteiger partial charge in [0.05, 0.1) is 11.9 Å². The van der Waals surface area contributed by atoms with Gasteiger partial charge >= 0.3 is 0 Å². The van der Waals surface area contributed by atoms with E-state index in [0.29, 0.717) is 11.7 Å². The third-order valence-corrected chi connectivity index (χ3v) is 6.53. The molecule has 6 heteroatoms. The average Bonchev–Trinajstić information content (AvgIpc) is 3.20. The molecule has 0 amide bonds. The van der Waals surface area contributed by atoms with Crippen molar-refractivity contribution >= 4 is 10.9 Å². The summed E-state index contributed by atoms with van der Waals surface area (Å²) in [5.41, 5.74) is 4.94. The minimum absolute atomic E-state index is 0.344. The van der Waals surface area contributed by atoms with Crippen LogP contribution in [-0.2, 0) is 0 Å². The van der Waals surface area contributed by atoms with Gasteiger partial charge in [0.25, 0.3) is 0 Å². The van der Waals surface area contributed by atoms with Gasteiger partial charge in [0, 0.05) is 29.2 Å². The summed E-state index contributed by atoms with van der Waals surface area (Å²) in [4.78, 5) is 5.95. The van der Waals surface area contributed by atoms with E-state index in [1.165, 1.54) is 41.5 Å². The molecule has 2 aromatic rings. The largest absolute Gasteiger partial charge is 0.508 e. The van der Waals surface area contributed by atoms with Crippen molar-refractivity contribution in [2.45, 2.75) is 38.0 Å². The standard InChI is InChI=1S/C24H29N5O/c30-20-7-8-23-21(15-20)22(17-25-23)18-9-13-28(14-10-18)11-3-4-12-29-24-6-2-1-5-19(24)16-26-27-29/h1-2,6-8,15-18,25,30H,3-5,9-14H2. The summed E-state index contributed by atoms with van der Waals surface area (Å²) >= 11 is 0. The zero-order chi connectivity index (χ0) is 20.3. The smallest absolute Gasteiger partial charge is 0.116 e. The Morgan fingerprint density at radius 1 is 1.13 bits per heavy atom. The second-order valence-electron chi connectivity index (χ2n) is 8.46. The Bertz CT molecular complexity index is 1020. The van der Waals surface area contributed by atoms with E-state index in [1.807, 2.05) is 18.3 Å². The van der Waals surface area contributed by atoms with Crippen molar-refractivity contribution in [3.8, 4) is 5.75 Å². The number of hydrogen-bond acceptors (Lipinski definition) is 5. The first kappa shape index (κ1) is 19.1. The number of rotatable bonds is 6. The van der Waals surface area contributed by atoms with Crippen LogP contribution in [0.15, 0.2) is 70.4 Å². The highest BCUT2D eigenvalue weighted by molar-refractivity contribution is 5.85. The number of H-pyrrole nitrogens is 1. The topological polar surface area (TPSA) is 67.2 Å². The predicted molar refractivity (Wildman–Crippen MR) is 119 cm³/mol. The molecule has 156 valence electrons. The van der Waals surface area contributed by atoms with Gasteiger partial charge in [0.15, 0.2) is 0 Å². The number of benzene rings is 1. The van der Waals surface area contributed by atoms with Crippen LogP contribution in [-0.4, -0.2) is 46.2 Å². The number of nitrogens with one attached hydrogen (secondary N) is 1. The molecule has 1 saturated heterocycles. The number of likely N-dealkylation sites (tertiary alicyclic amines) is 1. The third-order valence-electron chi connectivity index (χ3n) is 6.53. The van der Waals surface area contributed by atoms with Gasteiger partial charge in [0.1, 0.15) is 5.75 Å². The maximum Gasteiger partial charge on any atom is 0.116 e. The highest BCUT2D eigenvalue weighted by atomic mass is 16.3. The maximum atomic E-state index is 9.84. The molecule has 6 nitrogen and oxygen atoms in total. The number of phenols is 1. The highest BCUT2D eigenvalue weighted by Crippen LogP contribution is 2.34. The second kappa shape index (κ2) is 8.48. The highest BCUT2D eigenvalue weighted by Gasteiger charge is 2.23. The van der Waals surface area contributed by atoms with Gasteiger partial charge in [-0.1, -0.05) is 17.4 Å². The average molecular weight is 404 g/mol. The summed E-state index contributed by atoms with van der Waals surface area (Å²) in [6.45, 7) is 4.36. The molecule has 0 spiro atoms. The van der Waals surface area contributed by atoms with Crippen molar-refractivity contribution in [2.24, 2.45) is 10.3 Å². The van der Waals surface area contributed by atoms with Crippen LogP contribution in [0.25, 0.3) is 10.9 Å². The van der Waals surface area contributed by atoms with Crippen LogP contribution in [0.1, 0.15) is 43.6 Å². The summed E-state index contributed by atoms with van der Waals surface area (Å²) < 4.78 is 0. The maximum absolute atomic E-state index is 9.84. The minimum Gasteiger partial charge on any atom is -0.508 e. The van der Waals surface area contributed by atoms with E-state index in [9.17, 15) is 5.11 Å². The SMILES string of the molecule is Oc1ccc2[nH]cc(C3CCN(CCCCN4N=NC=C5CC=CC=C54)CC3)c2c1. The zero-order valence-electron chi connectivity index (χ0n) is 17.3. The molecule has 5 rings (SSSR count). The van der Waals surface area contributed by atoms with E-state index in [1.54, 1.807) is 6.07 Å². The van der Waals surface area contributed by atoms with E-state index in [4.69, 9.17) is 0 Å². The van der Waals surface area contributed by atoms with Gasteiger partial charge < -0.3 is 15.0 Å². The van der Waals surface area contributed by atoms with Crippen LogP contribution in [0, 0.1) is 0 Å². The van der Waals surface area contributed by atoms with Crippen molar-refractivity contribution in [1.29, 1.82) is 0 Å². The van der Waals surface area contributed by atoms with Gasteiger partial charge in [-0.05, 0) is 87.5 Å². The molecule has 1 aliphatic carbocycles. The second-order valence-corrected chi connectivity index (χ2v) is 8.46. The molecule has 1 aromatic carbocycles. The lowest BCUT2D eigenvalue weighted by molar-refractivity contribution is 0.205. The first-order valence-electron chi connectivity index (χ1n) is 11.0. The van der Waals surface area contributed by atoms with E-state index in [2.05, 4.69) is 49.7 Å². The Morgan fingerprint density at radius 3 is 2.90 bits per heavy atom. The van der Waals surface area contributed by atoms with E-state index in [-0.39, 0.29) is 0 Å². The van der Waals surface area contributed by atoms with Crippen LogP contribution in [0.5, 0.6) is 5.75 Å². The molecular weight excluding hydrogens is 374 g/mol. The van der Waals surface area contributed by atoms with Gasteiger partial charge in [0.2, 0.25) is 0 Å². The Hall–Kier alpha value is -2.86. The predicted octanol–water partition coefficient (Wildman–Crippen LogP) is 5.24. The minimum atomic E-state index is 0.344. The Kier molecular flexibility index (Phi) is 5.41. The molecule has 2 aliphatic heterocycles. The lowest BCUT2D eigenvalue weighted by Gasteiger charge is -2.32. The first-order valence-corrected chi connectivity index (χ1v) is 11.0. The Balaban J connectivity index is 1.08. The third kappa shape index (κ3) is 3.92. The lowest BCUT2D eigenvalue weighted by atomic mass is 9.89. The quantitative estimate of drug-likeness (QED) is 0.648. The molecule has 1 aromatic heterocycles. The first-order chi connectivity index (χ1) is 14.8. The fraction of sp³-hybridized carbons (Fsp3) is 0.417. The molecule has 0 unspecified atom stereocenters. The fourth-order valence-corrected chi connectivity index (χ4v) is 4.84. The molecule has 3 heterocycles. The van der Waals surface area contributed by atoms with Crippen molar-refractivity contribution in [3.05, 3.63) is 65.7 Å². The van der Waals surface area contributed by atoms with Crippen molar-refractivity contribution in [2.75, 3.05) is 26.2 Å². The molecule has 0 radical (unpaired) electrons. The number of aromatic nitrogens is 1. The number of fused-ring (bicyclic) bond motifs is 2. The van der Waals surface area contributed by atoms with E-state index in [0.717, 1.165) is 44.5 Å². The Labute approximate surface area is 177 Å². The molecule has 0 atom stereocenters. The monoisotopic (exact) mass is 403 g/mol. The zero-order valence-corrected chi connectivity index (χ0v) is 17.3. The van der Waals surface area contributed by atoms with E-state index >= 15 is 0 Å². The lowest BCUT2D eigenvalue weighted by Crippen LogP contribution is -2.34. The molecule has 1 fully saturated rings. The summed E-state index contributed by atoms with van der Waals surface area (Å²) in [5, 5.41) is 21.5. The number of phenolic OH excluding ortho intramolecular Hbond substituents is 1.